The molecule has 2 rings (SSSR count). The summed E-state index contributed by atoms with van der Waals surface area (Å²) in [7, 11) is 0. The summed E-state index contributed by atoms with van der Waals surface area (Å²) in [5.41, 5.74) is 0.265. The first-order chi connectivity index (χ1) is 4.78. The van der Waals surface area contributed by atoms with Crippen molar-refractivity contribution in [2.45, 2.75) is 25.4 Å². The maximum Gasteiger partial charge on any atom is 0.0981 e. The smallest absolute Gasteiger partial charge is 0.0981 e. The van der Waals surface area contributed by atoms with Crippen LogP contribution in [0.1, 0.15) is 19.8 Å². The molecule has 1 heterocycles. The minimum Gasteiger partial charge on any atom is -0.369 e. The van der Waals surface area contributed by atoms with Gasteiger partial charge >= 0.3 is 0 Å². The van der Waals surface area contributed by atoms with Crippen LogP contribution < -0.4 is 0 Å². The molecule has 0 amide bonds. The first-order valence-corrected chi connectivity index (χ1v) is 4.03. The lowest BCUT2D eigenvalue weighted by atomic mass is 10.00. The largest absolute Gasteiger partial charge is 0.369 e. The van der Waals surface area contributed by atoms with Crippen LogP contribution in [0.2, 0.25) is 0 Å². The molecule has 3 unspecified atom stereocenters. The van der Waals surface area contributed by atoms with Gasteiger partial charge in [0.05, 0.1) is 12.2 Å². The zero-order valence-electron chi connectivity index (χ0n) is 6.47. The highest BCUT2D eigenvalue weighted by Crippen LogP contribution is 2.55. The number of epoxide rings is 1. The van der Waals surface area contributed by atoms with Crippen LogP contribution in [0.25, 0.3) is 0 Å². The van der Waals surface area contributed by atoms with E-state index >= 15 is 0 Å². The molecule has 0 radical (unpaired) electrons. The van der Waals surface area contributed by atoms with Gasteiger partial charge < -0.3 is 4.74 Å². The molecule has 1 nitrogen and oxygen atoms in total. The van der Waals surface area contributed by atoms with E-state index in [2.05, 4.69) is 13.5 Å². The highest BCUT2D eigenvalue weighted by Gasteiger charge is 2.58. The standard InChI is InChI=1S/C9H14O/c1-3-4-9(6-10-9)8-5-7(8)2/h3,7-8H,1,4-6H2,2H3. The van der Waals surface area contributed by atoms with Gasteiger partial charge in [0, 0.05) is 0 Å². The molecule has 1 heteroatoms. The maximum atomic E-state index is 5.46. The van der Waals surface area contributed by atoms with Crippen molar-refractivity contribution in [2.24, 2.45) is 11.8 Å². The summed E-state index contributed by atoms with van der Waals surface area (Å²) in [5, 5.41) is 0. The zero-order valence-corrected chi connectivity index (χ0v) is 6.47. The van der Waals surface area contributed by atoms with Crippen LogP contribution in [0.3, 0.4) is 0 Å². The predicted molar refractivity (Wildman–Crippen MR) is 40.8 cm³/mol. The SMILES string of the molecule is C=CCC1(C2CC2C)CO1. The van der Waals surface area contributed by atoms with Gasteiger partial charge in [0.25, 0.3) is 0 Å². The van der Waals surface area contributed by atoms with E-state index in [0.717, 1.165) is 24.9 Å². The second-order valence-corrected chi connectivity index (χ2v) is 3.67. The van der Waals surface area contributed by atoms with Gasteiger partial charge in [-0.3, -0.25) is 0 Å². The van der Waals surface area contributed by atoms with Crippen LogP contribution in [0, 0.1) is 11.8 Å². The topological polar surface area (TPSA) is 12.5 Å². The van der Waals surface area contributed by atoms with E-state index < -0.39 is 0 Å². The van der Waals surface area contributed by atoms with Crippen molar-refractivity contribution >= 4 is 0 Å². The summed E-state index contributed by atoms with van der Waals surface area (Å²) < 4.78 is 5.46. The fourth-order valence-corrected chi connectivity index (χ4v) is 1.88. The molecule has 1 aliphatic carbocycles. The van der Waals surface area contributed by atoms with E-state index in [1.54, 1.807) is 0 Å². The zero-order chi connectivity index (χ0) is 7.19. The van der Waals surface area contributed by atoms with Crippen LogP contribution in [-0.4, -0.2) is 12.2 Å². The van der Waals surface area contributed by atoms with Gasteiger partial charge in [0.1, 0.15) is 0 Å². The van der Waals surface area contributed by atoms with E-state index in [4.69, 9.17) is 4.74 Å². The highest BCUT2D eigenvalue weighted by atomic mass is 16.6. The summed E-state index contributed by atoms with van der Waals surface area (Å²) in [6, 6.07) is 0. The molecule has 0 aromatic carbocycles. The summed E-state index contributed by atoms with van der Waals surface area (Å²) >= 11 is 0. The monoisotopic (exact) mass is 138 g/mol. The van der Waals surface area contributed by atoms with Crippen LogP contribution in [0.5, 0.6) is 0 Å². The Hall–Kier alpha value is -0.300. The Labute approximate surface area is 62.1 Å². The summed E-state index contributed by atoms with van der Waals surface area (Å²) in [4.78, 5) is 0. The van der Waals surface area contributed by atoms with Gasteiger partial charge in [-0.25, -0.2) is 0 Å². The molecule has 3 atom stereocenters. The molecule has 0 bridgehead atoms. The minimum atomic E-state index is 0.265. The van der Waals surface area contributed by atoms with Crippen molar-refractivity contribution in [2.75, 3.05) is 6.61 Å². The molecule has 2 fully saturated rings. The minimum absolute atomic E-state index is 0.265. The van der Waals surface area contributed by atoms with Crippen molar-refractivity contribution in [1.82, 2.24) is 0 Å². The lowest BCUT2D eigenvalue weighted by Gasteiger charge is -2.05. The van der Waals surface area contributed by atoms with Gasteiger partial charge in [0.2, 0.25) is 0 Å². The van der Waals surface area contributed by atoms with E-state index in [1.807, 2.05) is 6.08 Å². The van der Waals surface area contributed by atoms with Crippen molar-refractivity contribution in [1.29, 1.82) is 0 Å². The first-order valence-electron chi connectivity index (χ1n) is 4.03. The number of rotatable bonds is 3. The van der Waals surface area contributed by atoms with E-state index in [9.17, 15) is 0 Å². The van der Waals surface area contributed by atoms with Crippen molar-refractivity contribution in [3.05, 3.63) is 12.7 Å². The third-order valence-corrected chi connectivity index (χ3v) is 2.79. The third-order valence-electron chi connectivity index (χ3n) is 2.79. The normalized spacial score (nSPS) is 50.5. The van der Waals surface area contributed by atoms with Gasteiger partial charge in [-0.1, -0.05) is 13.0 Å². The quantitative estimate of drug-likeness (QED) is 0.429. The fourth-order valence-electron chi connectivity index (χ4n) is 1.88. The Morgan fingerprint density at radius 1 is 1.80 bits per heavy atom. The van der Waals surface area contributed by atoms with Gasteiger partial charge in [0.15, 0.2) is 0 Å². The lowest BCUT2D eigenvalue weighted by molar-refractivity contribution is 0.269. The summed E-state index contributed by atoms with van der Waals surface area (Å²) in [5.74, 6) is 1.76. The van der Waals surface area contributed by atoms with Crippen LogP contribution >= 0.6 is 0 Å². The Balaban J connectivity index is 1.95. The Bertz CT molecular complexity index is 158. The van der Waals surface area contributed by atoms with Crippen LogP contribution in [-0.2, 0) is 4.74 Å². The first kappa shape index (κ1) is 6.41. The second-order valence-electron chi connectivity index (χ2n) is 3.67. The summed E-state index contributed by atoms with van der Waals surface area (Å²) in [6.45, 7) is 7.02. The average molecular weight is 138 g/mol. The lowest BCUT2D eigenvalue weighted by Crippen LogP contribution is -2.13. The van der Waals surface area contributed by atoms with E-state index in [0.29, 0.717) is 0 Å². The molecular weight excluding hydrogens is 124 g/mol. The Morgan fingerprint density at radius 3 is 2.70 bits per heavy atom. The molecular formula is C9H14O. The van der Waals surface area contributed by atoms with Gasteiger partial charge in [-0.15, -0.1) is 6.58 Å². The average Bonchev–Trinajstić information content (AvgIpc) is 2.70. The second kappa shape index (κ2) is 1.85. The van der Waals surface area contributed by atoms with Crippen molar-refractivity contribution in [3.63, 3.8) is 0 Å². The number of hydrogen-bond acceptors (Lipinski definition) is 1. The van der Waals surface area contributed by atoms with Crippen LogP contribution in [0.4, 0.5) is 0 Å². The Morgan fingerprint density at radius 2 is 2.40 bits per heavy atom. The molecule has 10 heavy (non-hydrogen) atoms. The molecule has 56 valence electrons. The van der Waals surface area contributed by atoms with Gasteiger partial charge in [-0.2, -0.15) is 0 Å². The summed E-state index contributed by atoms with van der Waals surface area (Å²) in [6.07, 6.45) is 4.41. The van der Waals surface area contributed by atoms with E-state index in [-0.39, 0.29) is 5.60 Å². The molecule has 0 spiro atoms. The number of ether oxygens (including phenoxy) is 1. The van der Waals surface area contributed by atoms with Crippen LogP contribution in [0.15, 0.2) is 12.7 Å². The molecule has 0 aromatic rings. The highest BCUT2D eigenvalue weighted by molar-refractivity contribution is 5.09. The maximum absolute atomic E-state index is 5.46. The molecule has 2 aliphatic rings. The molecule has 1 aliphatic heterocycles. The van der Waals surface area contributed by atoms with E-state index in [1.165, 1.54) is 6.42 Å². The van der Waals surface area contributed by atoms with Gasteiger partial charge in [-0.05, 0) is 24.7 Å². The number of hydrogen-bond donors (Lipinski definition) is 0. The Kier molecular flexibility index (Phi) is 1.19. The molecule has 0 aromatic heterocycles. The predicted octanol–water partition coefficient (Wildman–Crippen LogP) is 1.99. The molecule has 0 N–H and O–H groups in total. The third kappa shape index (κ3) is 0.807. The molecule has 1 saturated heterocycles. The van der Waals surface area contributed by atoms with Crippen molar-refractivity contribution < 1.29 is 4.74 Å². The van der Waals surface area contributed by atoms with Crippen molar-refractivity contribution in [3.8, 4) is 0 Å². The fraction of sp³-hybridized carbons (Fsp3) is 0.778. The molecule has 1 saturated carbocycles.